The van der Waals surface area contributed by atoms with Crippen molar-refractivity contribution in [1.82, 2.24) is 10.3 Å². The number of benzene rings is 1. The number of carbonyl (C=O) groups excluding carboxylic acids is 2. The van der Waals surface area contributed by atoms with Gasteiger partial charge >= 0.3 is 0 Å². The normalized spacial score (nSPS) is 21.1. The number of carbonyl (C=O) groups is 2. The number of thioether (sulfide) groups is 1. The molecule has 1 aliphatic heterocycles. The van der Waals surface area contributed by atoms with Gasteiger partial charge in [0.1, 0.15) is 4.87 Å². The van der Waals surface area contributed by atoms with Crippen LogP contribution in [-0.4, -0.2) is 22.0 Å². The van der Waals surface area contributed by atoms with Gasteiger partial charge in [0, 0.05) is 10.8 Å². The van der Waals surface area contributed by atoms with Crippen LogP contribution in [0.15, 0.2) is 35.4 Å². The highest BCUT2D eigenvalue weighted by Gasteiger charge is 2.47. The van der Waals surface area contributed by atoms with E-state index in [0.717, 1.165) is 5.56 Å². The third-order valence-corrected chi connectivity index (χ3v) is 5.12. The number of hydrogen-bond donors (Lipinski definition) is 1. The van der Waals surface area contributed by atoms with E-state index >= 15 is 0 Å². The Morgan fingerprint density at radius 1 is 1.04 bits per heavy atom. The van der Waals surface area contributed by atoms with Crippen molar-refractivity contribution in [2.24, 2.45) is 15.9 Å². The lowest BCUT2D eigenvalue weighted by Gasteiger charge is -2.35. The molecule has 1 atom stereocenters. The first-order valence-electron chi connectivity index (χ1n) is 8.35. The summed E-state index contributed by atoms with van der Waals surface area (Å²) in [6.07, 6.45) is 0. The van der Waals surface area contributed by atoms with Gasteiger partial charge in [-0.15, -0.1) is 5.10 Å². The largest absolute Gasteiger partial charge is 0.303 e. The Balaban J connectivity index is 2.41. The molecular formula is C19H27N3O2S. The summed E-state index contributed by atoms with van der Waals surface area (Å²) in [4.78, 5) is 24.6. The maximum absolute atomic E-state index is 13.0. The minimum absolute atomic E-state index is 0.0913. The highest BCUT2D eigenvalue weighted by Crippen LogP contribution is 2.46. The van der Waals surface area contributed by atoms with E-state index in [1.165, 1.54) is 16.8 Å². The van der Waals surface area contributed by atoms with E-state index in [-0.39, 0.29) is 11.8 Å². The van der Waals surface area contributed by atoms with Gasteiger partial charge in [0.15, 0.2) is 5.17 Å². The summed E-state index contributed by atoms with van der Waals surface area (Å²) in [7, 11) is 0. The van der Waals surface area contributed by atoms with Crippen LogP contribution in [-0.2, 0) is 14.5 Å². The number of nitrogens with one attached hydrogen (secondary N) is 1. The van der Waals surface area contributed by atoms with Gasteiger partial charge in [-0.05, 0) is 12.5 Å². The molecule has 1 aliphatic rings. The molecule has 2 amide bonds. The summed E-state index contributed by atoms with van der Waals surface area (Å²) in [6, 6.07) is 9.75. The first kappa shape index (κ1) is 19.5. The molecule has 6 heteroatoms. The zero-order valence-corrected chi connectivity index (χ0v) is 16.8. The maximum Gasteiger partial charge on any atom is 0.249 e. The summed E-state index contributed by atoms with van der Waals surface area (Å²) in [5.41, 5.74) is -0.154. The van der Waals surface area contributed by atoms with Crippen molar-refractivity contribution in [3.8, 4) is 0 Å². The summed E-state index contributed by atoms with van der Waals surface area (Å²) in [5, 5.41) is 9.28. The second-order valence-corrected chi connectivity index (χ2v) is 9.81. The first-order chi connectivity index (χ1) is 11.4. The topological polar surface area (TPSA) is 61.8 Å². The first-order valence-corrected chi connectivity index (χ1v) is 9.16. The van der Waals surface area contributed by atoms with Gasteiger partial charge in [-0.3, -0.25) is 9.59 Å². The van der Waals surface area contributed by atoms with E-state index in [9.17, 15) is 9.59 Å². The fourth-order valence-corrected chi connectivity index (χ4v) is 3.37. The number of amides is 2. The molecular weight excluding hydrogens is 334 g/mol. The minimum Gasteiger partial charge on any atom is -0.303 e. The third kappa shape index (κ3) is 4.06. The molecule has 1 unspecified atom stereocenters. The number of amidine groups is 1. The highest BCUT2D eigenvalue weighted by molar-refractivity contribution is 8.14. The molecule has 1 N–H and O–H groups in total. The van der Waals surface area contributed by atoms with Crippen LogP contribution < -0.4 is 5.32 Å². The zero-order valence-electron chi connectivity index (χ0n) is 16.0. The van der Waals surface area contributed by atoms with E-state index in [0.29, 0.717) is 5.17 Å². The summed E-state index contributed by atoms with van der Waals surface area (Å²) in [5.74, 6) is -0.217. The second kappa shape index (κ2) is 6.48. The summed E-state index contributed by atoms with van der Waals surface area (Å²) < 4.78 is 0. The van der Waals surface area contributed by atoms with Crippen molar-refractivity contribution in [3.05, 3.63) is 35.9 Å². The van der Waals surface area contributed by atoms with Crippen LogP contribution in [0.2, 0.25) is 0 Å². The lowest BCUT2D eigenvalue weighted by molar-refractivity contribution is -0.142. The second-order valence-electron chi connectivity index (χ2n) is 8.43. The van der Waals surface area contributed by atoms with E-state index in [2.05, 4.69) is 10.4 Å². The average Bonchev–Trinajstić information content (AvgIpc) is 2.83. The van der Waals surface area contributed by atoms with Crippen LogP contribution in [0.1, 0.15) is 54.0 Å². The van der Waals surface area contributed by atoms with Gasteiger partial charge in [0.25, 0.3) is 0 Å². The van der Waals surface area contributed by atoms with Gasteiger partial charge in [0.05, 0.1) is 0 Å². The van der Waals surface area contributed by atoms with Gasteiger partial charge in [-0.25, -0.2) is 5.01 Å². The lowest BCUT2D eigenvalue weighted by Crippen LogP contribution is -2.44. The standard InChI is InChI=1S/C19H27N3O2S/c1-17(2,3)14(23)20-16-21-22(15(24)18(4,5)6)19(7,25-16)13-11-9-8-10-12-13/h8-12H,1-7H3,(H,20,21,23). The van der Waals surface area contributed by atoms with Crippen molar-refractivity contribution in [2.45, 2.75) is 53.3 Å². The zero-order chi connectivity index (χ0) is 19.0. The summed E-state index contributed by atoms with van der Waals surface area (Å²) in [6.45, 7) is 13.1. The van der Waals surface area contributed by atoms with Crippen LogP contribution in [0.5, 0.6) is 0 Å². The highest BCUT2D eigenvalue weighted by atomic mass is 32.2. The fraction of sp³-hybridized carbons (Fsp3) is 0.526. The Morgan fingerprint density at radius 3 is 2.08 bits per heavy atom. The molecule has 1 aromatic rings. The van der Waals surface area contributed by atoms with Crippen LogP contribution in [0.3, 0.4) is 0 Å². The van der Waals surface area contributed by atoms with E-state index in [1.54, 1.807) is 0 Å². The molecule has 0 saturated carbocycles. The van der Waals surface area contributed by atoms with E-state index in [1.807, 2.05) is 78.8 Å². The van der Waals surface area contributed by atoms with E-state index < -0.39 is 15.7 Å². The number of hydrazone groups is 1. The molecule has 1 heterocycles. The molecule has 5 nitrogen and oxygen atoms in total. The molecule has 0 bridgehead atoms. The fourth-order valence-electron chi connectivity index (χ4n) is 2.26. The van der Waals surface area contributed by atoms with Crippen LogP contribution >= 0.6 is 11.8 Å². The Morgan fingerprint density at radius 2 is 1.60 bits per heavy atom. The van der Waals surface area contributed by atoms with Crippen molar-refractivity contribution in [1.29, 1.82) is 0 Å². The smallest absolute Gasteiger partial charge is 0.249 e. The molecule has 136 valence electrons. The van der Waals surface area contributed by atoms with Crippen LogP contribution in [0, 0.1) is 10.8 Å². The molecule has 0 fully saturated rings. The molecule has 25 heavy (non-hydrogen) atoms. The van der Waals surface area contributed by atoms with Gasteiger partial charge in [-0.1, -0.05) is 83.6 Å². The van der Waals surface area contributed by atoms with Crippen LogP contribution in [0.25, 0.3) is 0 Å². The molecule has 0 aliphatic carbocycles. The Labute approximate surface area is 154 Å². The molecule has 2 rings (SSSR count). The Bertz CT molecular complexity index is 702. The lowest BCUT2D eigenvalue weighted by atomic mass is 9.94. The average molecular weight is 362 g/mol. The number of rotatable bonds is 1. The molecule has 0 radical (unpaired) electrons. The number of nitrogens with zero attached hydrogens (tertiary/aromatic N) is 2. The quantitative estimate of drug-likeness (QED) is 0.825. The van der Waals surface area contributed by atoms with Crippen LogP contribution in [0.4, 0.5) is 0 Å². The van der Waals surface area contributed by atoms with Crippen molar-refractivity contribution >= 4 is 28.7 Å². The summed E-state index contributed by atoms with van der Waals surface area (Å²) >= 11 is 1.39. The Hall–Kier alpha value is -1.82. The predicted octanol–water partition coefficient (Wildman–Crippen LogP) is 3.91. The Kier molecular flexibility index (Phi) is 5.06. The molecule has 0 spiro atoms. The van der Waals surface area contributed by atoms with Crippen molar-refractivity contribution < 1.29 is 9.59 Å². The van der Waals surface area contributed by atoms with Gasteiger partial charge in [-0.2, -0.15) is 0 Å². The molecule has 0 aromatic heterocycles. The predicted molar refractivity (Wildman–Crippen MR) is 103 cm³/mol. The molecule has 0 saturated heterocycles. The SMILES string of the molecule is CC(C)(C)C(=O)NC1=NN(C(=O)C(C)(C)C)C(C)(c2ccccc2)S1. The molecule has 1 aromatic carbocycles. The van der Waals surface area contributed by atoms with Gasteiger partial charge in [0.2, 0.25) is 11.8 Å². The third-order valence-electron chi connectivity index (χ3n) is 3.94. The van der Waals surface area contributed by atoms with Crippen molar-refractivity contribution in [2.75, 3.05) is 0 Å². The monoisotopic (exact) mass is 361 g/mol. The van der Waals surface area contributed by atoms with E-state index in [4.69, 9.17) is 0 Å². The van der Waals surface area contributed by atoms with Gasteiger partial charge < -0.3 is 5.32 Å². The van der Waals surface area contributed by atoms with Crippen molar-refractivity contribution in [3.63, 3.8) is 0 Å². The minimum atomic E-state index is -0.702. The maximum atomic E-state index is 13.0. The number of hydrogen-bond acceptors (Lipinski definition) is 4.